The Labute approximate surface area is 146 Å². The van der Waals surface area contributed by atoms with Crippen LogP contribution in [0.4, 0.5) is 20.2 Å². The topological polar surface area (TPSA) is 41.1 Å². The number of nitrogens with one attached hydrogen (secondary N) is 2. The molecule has 2 rings (SSSR count). The lowest BCUT2D eigenvalue weighted by Crippen LogP contribution is -2.16. The number of hydrogen-bond donors (Lipinski definition) is 2. The molecule has 0 atom stereocenters. The summed E-state index contributed by atoms with van der Waals surface area (Å²) in [4.78, 5) is 12.2. The third kappa shape index (κ3) is 4.89. The number of rotatable bonds is 4. The van der Waals surface area contributed by atoms with Crippen LogP contribution in [0.25, 0.3) is 6.08 Å². The summed E-state index contributed by atoms with van der Waals surface area (Å²) in [6, 6.07) is 8.56. The normalized spacial score (nSPS) is 11.6. The Balaban J connectivity index is 2.31. The number of amides is 1. The summed E-state index contributed by atoms with van der Waals surface area (Å²) in [6.45, 7) is 6.24. The fourth-order valence-electron chi connectivity index (χ4n) is 2.25. The van der Waals surface area contributed by atoms with Gasteiger partial charge in [0.2, 0.25) is 0 Å². The molecule has 0 aliphatic carbocycles. The number of benzene rings is 2. The van der Waals surface area contributed by atoms with Crippen molar-refractivity contribution in [3.8, 4) is 0 Å². The fraction of sp³-hybridized carbons (Fsp3) is 0.250. The van der Waals surface area contributed by atoms with Gasteiger partial charge >= 0.3 is 0 Å². The van der Waals surface area contributed by atoms with Gasteiger partial charge in [0.15, 0.2) is 0 Å². The van der Waals surface area contributed by atoms with Crippen LogP contribution in [-0.2, 0) is 0 Å². The molecule has 0 heterocycles. The highest BCUT2D eigenvalue weighted by molar-refractivity contribution is 6.04. The Hall–Kier alpha value is -2.69. The number of carbonyl (C=O) groups is 1. The molecule has 0 bridgehead atoms. The van der Waals surface area contributed by atoms with E-state index < -0.39 is 23.1 Å². The molecule has 2 N–H and O–H groups in total. The lowest BCUT2D eigenvalue weighted by Gasteiger charge is -2.14. The minimum absolute atomic E-state index is 0.000556. The van der Waals surface area contributed by atoms with Gasteiger partial charge in [-0.3, -0.25) is 4.79 Å². The van der Waals surface area contributed by atoms with E-state index in [9.17, 15) is 13.6 Å². The molecule has 1 amide bonds. The van der Waals surface area contributed by atoms with Gasteiger partial charge in [0.05, 0.1) is 0 Å². The monoisotopic (exact) mass is 344 g/mol. The maximum Gasteiger partial charge on any atom is 0.261 e. The predicted octanol–water partition coefficient (Wildman–Crippen LogP) is 5.32. The Morgan fingerprint density at radius 2 is 1.72 bits per heavy atom. The average molecular weight is 344 g/mol. The Kier molecular flexibility index (Phi) is 5.57. The quantitative estimate of drug-likeness (QED) is 0.788. The summed E-state index contributed by atoms with van der Waals surface area (Å²) >= 11 is 0. The molecule has 0 aromatic heterocycles. The van der Waals surface area contributed by atoms with E-state index in [4.69, 9.17) is 0 Å². The standard InChI is InChI=1S/C20H22F2N2O/c1-20(2,3)11-10-13-12-14(8-9-17(13)23-4)24-19(25)18-15(21)6-5-7-16(18)22/h5-12,23H,1-4H3,(H,24,25)/b11-10+. The summed E-state index contributed by atoms with van der Waals surface area (Å²) < 4.78 is 27.5. The molecule has 0 spiro atoms. The van der Waals surface area contributed by atoms with Crippen molar-refractivity contribution in [1.29, 1.82) is 0 Å². The molecule has 25 heavy (non-hydrogen) atoms. The van der Waals surface area contributed by atoms with E-state index in [0.717, 1.165) is 23.4 Å². The smallest absolute Gasteiger partial charge is 0.261 e. The lowest BCUT2D eigenvalue weighted by molar-refractivity contribution is 0.101. The SMILES string of the molecule is CNc1ccc(NC(=O)c2c(F)cccc2F)cc1/C=C/C(C)(C)C. The fourth-order valence-corrected chi connectivity index (χ4v) is 2.25. The van der Waals surface area contributed by atoms with Crippen molar-refractivity contribution in [1.82, 2.24) is 0 Å². The molecule has 132 valence electrons. The van der Waals surface area contributed by atoms with Crippen LogP contribution < -0.4 is 10.6 Å². The van der Waals surface area contributed by atoms with Crippen LogP contribution in [0.5, 0.6) is 0 Å². The van der Waals surface area contributed by atoms with Crippen LogP contribution in [0, 0.1) is 17.0 Å². The van der Waals surface area contributed by atoms with Gasteiger partial charge in [0.1, 0.15) is 17.2 Å². The molecule has 0 unspecified atom stereocenters. The summed E-state index contributed by atoms with van der Waals surface area (Å²) in [6.07, 6.45) is 4.00. The number of carbonyl (C=O) groups excluding carboxylic acids is 1. The van der Waals surface area contributed by atoms with E-state index >= 15 is 0 Å². The maximum atomic E-state index is 13.7. The van der Waals surface area contributed by atoms with Crippen molar-refractivity contribution in [3.63, 3.8) is 0 Å². The van der Waals surface area contributed by atoms with Crippen molar-refractivity contribution in [2.45, 2.75) is 20.8 Å². The lowest BCUT2D eigenvalue weighted by atomic mass is 9.95. The molecule has 0 aliphatic rings. The molecule has 2 aromatic carbocycles. The van der Waals surface area contributed by atoms with E-state index in [1.54, 1.807) is 25.2 Å². The first-order valence-corrected chi connectivity index (χ1v) is 7.97. The number of allylic oxidation sites excluding steroid dienone is 1. The van der Waals surface area contributed by atoms with E-state index in [1.165, 1.54) is 6.07 Å². The van der Waals surface area contributed by atoms with Crippen LogP contribution in [-0.4, -0.2) is 13.0 Å². The van der Waals surface area contributed by atoms with Gasteiger partial charge in [0.25, 0.3) is 5.91 Å². The Morgan fingerprint density at radius 3 is 2.28 bits per heavy atom. The van der Waals surface area contributed by atoms with Gasteiger partial charge in [-0.2, -0.15) is 0 Å². The first-order valence-electron chi connectivity index (χ1n) is 7.97. The molecule has 2 aromatic rings. The number of hydrogen-bond acceptors (Lipinski definition) is 2. The van der Waals surface area contributed by atoms with E-state index in [-0.39, 0.29) is 5.41 Å². The van der Waals surface area contributed by atoms with Gasteiger partial charge < -0.3 is 10.6 Å². The highest BCUT2D eigenvalue weighted by Crippen LogP contribution is 2.25. The molecule has 5 heteroatoms. The van der Waals surface area contributed by atoms with E-state index in [1.807, 2.05) is 12.2 Å². The second kappa shape index (κ2) is 7.47. The highest BCUT2D eigenvalue weighted by Gasteiger charge is 2.17. The van der Waals surface area contributed by atoms with Crippen LogP contribution in [0.2, 0.25) is 0 Å². The zero-order valence-electron chi connectivity index (χ0n) is 14.8. The third-order valence-corrected chi connectivity index (χ3v) is 3.53. The molecule has 0 radical (unpaired) electrons. The first kappa shape index (κ1) is 18.6. The largest absolute Gasteiger partial charge is 0.388 e. The average Bonchev–Trinajstić information content (AvgIpc) is 2.52. The van der Waals surface area contributed by atoms with Crippen molar-refractivity contribution >= 4 is 23.4 Å². The second-order valence-electron chi connectivity index (χ2n) is 6.80. The minimum atomic E-state index is -0.891. The zero-order valence-corrected chi connectivity index (χ0v) is 14.8. The Morgan fingerprint density at radius 1 is 1.08 bits per heavy atom. The van der Waals surface area contributed by atoms with Gasteiger partial charge in [0, 0.05) is 18.4 Å². The maximum absolute atomic E-state index is 13.7. The predicted molar refractivity (Wildman–Crippen MR) is 98.8 cm³/mol. The van der Waals surface area contributed by atoms with Crippen LogP contribution >= 0.6 is 0 Å². The molecule has 0 aliphatic heterocycles. The molecule has 0 fully saturated rings. The van der Waals surface area contributed by atoms with Gasteiger partial charge in [-0.1, -0.05) is 39.0 Å². The van der Waals surface area contributed by atoms with Crippen molar-refractivity contribution in [3.05, 3.63) is 65.2 Å². The van der Waals surface area contributed by atoms with Gasteiger partial charge in [-0.25, -0.2) is 8.78 Å². The van der Waals surface area contributed by atoms with Gasteiger partial charge in [-0.15, -0.1) is 0 Å². The second-order valence-corrected chi connectivity index (χ2v) is 6.80. The number of anilines is 2. The van der Waals surface area contributed by atoms with Crippen molar-refractivity contribution in [2.24, 2.45) is 5.41 Å². The summed E-state index contributed by atoms with van der Waals surface area (Å²) in [5, 5.41) is 5.63. The molecule has 0 saturated carbocycles. The molecule has 0 saturated heterocycles. The first-order chi connectivity index (χ1) is 11.7. The van der Waals surface area contributed by atoms with Crippen LogP contribution in [0.3, 0.4) is 0 Å². The molecule has 3 nitrogen and oxygen atoms in total. The van der Waals surface area contributed by atoms with Crippen LogP contribution in [0.1, 0.15) is 36.7 Å². The van der Waals surface area contributed by atoms with E-state index in [0.29, 0.717) is 5.69 Å². The Bertz CT molecular complexity index is 788. The summed E-state index contributed by atoms with van der Waals surface area (Å²) in [7, 11) is 1.80. The minimum Gasteiger partial charge on any atom is -0.388 e. The van der Waals surface area contributed by atoms with E-state index in [2.05, 4.69) is 31.4 Å². The zero-order chi connectivity index (χ0) is 18.6. The van der Waals surface area contributed by atoms with Crippen molar-refractivity contribution in [2.75, 3.05) is 17.7 Å². The molecular formula is C20H22F2N2O. The van der Waals surface area contributed by atoms with Gasteiger partial charge in [-0.05, 0) is 41.3 Å². The number of halogens is 2. The highest BCUT2D eigenvalue weighted by atomic mass is 19.1. The van der Waals surface area contributed by atoms with Crippen molar-refractivity contribution < 1.29 is 13.6 Å². The third-order valence-electron chi connectivity index (χ3n) is 3.53. The summed E-state index contributed by atoms with van der Waals surface area (Å²) in [5.74, 6) is -2.60. The molecular weight excluding hydrogens is 322 g/mol. The van der Waals surface area contributed by atoms with Crippen LogP contribution in [0.15, 0.2) is 42.5 Å². The summed E-state index contributed by atoms with van der Waals surface area (Å²) in [5.41, 5.74) is 1.62.